The van der Waals surface area contributed by atoms with Crippen molar-refractivity contribution in [1.29, 1.82) is 0 Å². The predicted octanol–water partition coefficient (Wildman–Crippen LogP) is 1.23. The number of rotatable bonds is 0. The molecular weight excluding hydrogens is 127 g/mol. The molecule has 0 atom stereocenters. The average Bonchev–Trinajstić information content (AvgIpc) is 0.918. The third kappa shape index (κ3) is 13.1. The van der Waals surface area contributed by atoms with E-state index in [2.05, 4.69) is 6.92 Å². The molecule has 0 aliphatic heterocycles. The Kier molecular flexibility index (Phi) is 20.2. The van der Waals surface area contributed by atoms with Crippen molar-refractivity contribution in [2.24, 2.45) is 0 Å². The maximum Gasteiger partial charge on any atom is 4.00 e. The fraction of sp³-hybridized carbons (Fsp3) is 0.667. The average molecular weight is 134 g/mol. The van der Waals surface area contributed by atoms with Crippen molar-refractivity contribution < 1.29 is 26.2 Å². The van der Waals surface area contributed by atoms with Gasteiger partial charge in [0, 0.05) is 0 Å². The van der Waals surface area contributed by atoms with Crippen molar-refractivity contribution in [3.8, 4) is 0 Å². The molecule has 0 spiro atoms. The fourth-order valence-electron chi connectivity index (χ4n) is 0. The van der Waals surface area contributed by atoms with Crippen LogP contribution in [0, 0.1) is 6.92 Å². The third-order valence-electron chi connectivity index (χ3n) is 0. The molecule has 0 aromatic carbocycles. The first-order chi connectivity index (χ1) is 1.41. The van der Waals surface area contributed by atoms with E-state index in [0.717, 1.165) is 6.42 Å². The Hall–Kier alpha value is 0.883. The van der Waals surface area contributed by atoms with E-state index in [0.29, 0.717) is 0 Å². The molecule has 0 aromatic rings. The zero-order valence-corrected chi connectivity index (χ0v) is 5.37. The van der Waals surface area contributed by atoms with E-state index in [1.807, 2.05) is 6.92 Å². The van der Waals surface area contributed by atoms with Crippen LogP contribution >= 0.6 is 0 Å². The van der Waals surface area contributed by atoms with Crippen LogP contribution in [0.25, 0.3) is 0 Å². The second-order valence-electron chi connectivity index (χ2n) is 0.500. The summed E-state index contributed by atoms with van der Waals surface area (Å²) < 4.78 is 0. The van der Waals surface area contributed by atoms with E-state index in [1.54, 1.807) is 0 Å². The molecule has 0 nitrogen and oxygen atoms in total. The van der Waals surface area contributed by atoms with Crippen LogP contribution in [0.5, 0.6) is 0 Å². The molecule has 0 radical (unpaired) electrons. The summed E-state index contributed by atoms with van der Waals surface area (Å²) in [5.41, 5.74) is 0. The zero-order valence-electron chi connectivity index (χ0n) is 2.91. The van der Waals surface area contributed by atoms with Gasteiger partial charge in [-0.1, -0.05) is 6.92 Å². The van der Waals surface area contributed by atoms with Crippen molar-refractivity contribution >= 4 is 0 Å². The molecule has 0 aromatic heterocycles. The molecule has 0 N–H and O–H groups in total. The molecule has 4 heavy (non-hydrogen) atoms. The van der Waals surface area contributed by atoms with E-state index in [-0.39, 0.29) is 26.2 Å². The maximum atomic E-state index is 3.49. The van der Waals surface area contributed by atoms with E-state index in [4.69, 9.17) is 0 Å². The van der Waals surface area contributed by atoms with Crippen molar-refractivity contribution in [1.82, 2.24) is 0 Å². The molecule has 0 fully saturated rings. The van der Waals surface area contributed by atoms with E-state index in [9.17, 15) is 0 Å². The Morgan fingerprint density at radius 3 is 1.75 bits per heavy atom. The summed E-state index contributed by atoms with van der Waals surface area (Å²) in [7, 11) is 0. The van der Waals surface area contributed by atoms with Gasteiger partial charge in [-0.3, -0.25) is 0 Å². The molecule has 1 heteroatoms. The minimum Gasteiger partial charge on any atom is -0.344 e. The van der Waals surface area contributed by atoms with Gasteiger partial charge < -0.3 is 6.92 Å². The van der Waals surface area contributed by atoms with Crippen LogP contribution in [0.4, 0.5) is 0 Å². The second-order valence-corrected chi connectivity index (χ2v) is 0.500. The van der Waals surface area contributed by atoms with E-state index >= 15 is 0 Å². The van der Waals surface area contributed by atoms with Gasteiger partial charge in [0.15, 0.2) is 0 Å². The molecule has 0 aliphatic carbocycles. The smallest absolute Gasteiger partial charge is 0.344 e. The van der Waals surface area contributed by atoms with Crippen LogP contribution in [-0.4, -0.2) is 0 Å². The molecule has 0 unspecified atom stereocenters. The number of hydrogen-bond donors (Lipinski definition) is 0. The van der Waals surface area contributed by atoms with Crippen molar-refractivity contribution in [3.63, 3.8) is 0 Å². The van der Waals surface area contributed by atoms with E-state index < -0.39 is 0 Å². The maximum absolute atomic E-state index is 3.49. The molecule has 0 saturated heterocycles. The van der Waals surface area contributed by atoms with Gasteiger partial charge in [0.1, 0.15) is 0 Å². The Bertz CT molecular complexity index is 3.25. The van der Waals surface area contributed by atoms with Gasteiger partial charge in [0.25, 0.3) is 0 Å². The summed E-state index contributed by atoms with van der Waals surface area (Å²) in [6.45, 7) is 5.50. The summed E-state index contributed by atoms with van der Waals surface area (Å²) in [6.07, 6.45) is 1.00. The molecular formula is C3H7Zr+3. The normalized spacial score (nSPS) is 4.50. The topological polar surface area (TPSA) is 0 Å². The molecule has 0 bridgehead atoms. The largest absolute Gasteiger partial charge is 4.00 e. The van der Waals surface area contributed by atoms with Crippen LogP contribution < -0.4 is 0 Å². The van der Waals surface area contributed by atoms with Crippen LogP contribution in [0.2, 0.25) is 0 Å². The molecule has 0 rings (SSSR count). The summed E-state index contributed by atoms with van der Waals surface area (Å²) in [5, 5.41) is 0. The van der Waals surface area contributed by atoms with Crippen LogP contribution in [-0.2, 0) is 26.2 Å². The fourth-order valence-corrected chi connectivity index (χ4v) is 0. The van der Waals surface area contributed by atoms with Crippen molar-refractivity contribution in [2.75, 3.05) is 0 Å². The Labute approximate surface area is 46.7 Å². The van der Waals surface area contributed by atoms with Gasteiger partial charge in [0.05, 0.1) is 0 Å². The molecule has 0 saturated carbocycles. The van der Waals surface area contributed by atoms with E-state index in [1.165, 1.54) is 0 Å². The SMILES string of the molecule is [CH2-]CC.[Zr+4]. The monoisotopic (exact) mass is 133 g/mol. The summed E-state index contributed by atoms with van der Waals surface area (Å²) in [4.78, 5) is 0. The first-order valence-electron chi connectivity index (χ1n) is 1.21. The quantitative estimate of drug-likeness (QED) is 0.437. The molecule has 20 valence electrons. The Balaban J connectivity index is 0. The van der Waals surface area contributed by atoms with Gasteiger partial charge in [-0.2, -0.15) is 6.42 Å². The first-order valence-corrected chi connectivity index (χ1v) is 1.21. The first kappa shape index (κ1) is 8.86. The second kappa shape index (κ2) is 9.10. The van der Waals surface area contributed by atoms with Gasteiger partial charge >= 0.3 is 26.2 Å². The minimum absolute atomic E-state index is 0. The minimum atomic E-state index is 0. The van der Waals surface area contributed by atoms with Crippen LogP contribution in [0.15, 0.2) is 0 Å². The summed E-state index contributed by atoms with van der Waals surface area (Å²) in [5.74, 6) is 0. The molecule has 0 amide bonds. The molecule has 0 aliphatic rings. The number of hydrogen-bond acceptors (Lipinski definition) is 0. The third-order valence-corrected chi connectivity index (χ3v) is 0. The Morgan fingerprint density at radius 1 is 1.75 bits per heavy atom. The van der Waals surface area contributed by atoms with Crippen LogP contribution in [0.1, 0.15) is 13.3 Å². The van der Waals surface area contributed by atoms with Gasteiger partial charge in [0.2, 0.25) is 0 Å². The summed E-state index contributed by atoms with van der Waals surface area (Å²) in [6, 6.07) is 0. The Morgan fingerprint density at radius 2 is 1.75 bits per heavy atom. The zero-order chi connectivity index (χ0) is 2.71. The van der Waals surface area contributed by atoms with Crippen LogP contribution in [0.3, 0.4) is 0 Å². The van der Waals surface area contributed by atoms with Crippen molar-refractivity contribution in [2.45, 2.75) is 13.3 Å². The summed E-state index contributed by atoms with van der Waals surface area (Å²) >= 11 is 0. The van der Waals surface area contributed by atoms with Gasteiger partial charge in [-0.25, -0.2) is 0 Å². The van der Waals surface area contributed by atoms with Gasteiger partial charge in [-0.15, -0.1) is 0 Å². The molecule has 0 heterocycles. The standard InChI is InChI=1S/C3H7.Zr/c1-3-2;/h1,3H2,2H3;/q-1;+4. The van der Waals surface area contributed by atoms with Crippen molar-refractivity contribution in [3.05, 3.63) is 6.92 Å². The predicted molar refractivity (Wildman–Crippen MR) is 15.6 cm³/mol. The van der Waals surface area contributed by atoms with Gasteiger partial charge in [-0.05, 0) is 0 Å².